The van der Waals surface area contributed by atoms with Crippen LogP contribution in [0.25, 0.3) is 0 Å². The summed E-state index contributed by atoms with van der Waals surface area (Å²) in [5.74, 6) is -4.51. The molecule has 1 saturated heterocycles. The minimum atomic E-state index is -1.31. The number of carbonyl (C=O) groups is 5. The molecule has 1 aliphatic heterocycles. The fraction of sp³-hybridized carbons (Fsp3) is 0.688. The number of amides is 3. The molecule has 158 valence electrons. The summed E-state index contributed by atoms with van der Waals surface area (Å²) in [4.78, 5) is 60.4. The summed E-state index contributed by atoms with van der Waals surface area (Å²) in [5.41, 5.74) is 5.59. The van der Waals surface area contributed by atoms with Crippen molar-refractivity contribution in [1.29, 1.82) is 0 Å². The van der Waals surface area contributed by atoms with E-state index in [2.05, 4.69) is 23.3 Å². The zero-order valence-corrected chi connectivity index (χ0v) is 16.4. The van der Waals surface area contributed by atoms with Gasteiger partial charge in [0.05, 0.1) is 6.04 Å². The van der Waals surface area contributed by atoms with Crippen LogP contribution in [0.2, 0.25) is 0 Å². The monoisotopic (exact) mass is 418 g/mol. The third-order valence-electron chi connectivity index (χ3n) is 4.31. The van der Waals surface area contributed by atoms with Gasteiger partial charge in [0.25, 0.3) is 0 Å². The highest BCUT2D eigenvalue weighted by atomic mass is 32.1. The summed E-state index contributed by atoms with van der Waals surface area (Å²) in [6.07, 6.45) is 0.319. The average Bonchev–Trinajstić information content (AvgIpc) is 3.11. The van der Waals surface area contributed by atoms with Gasteiger partial charge in [-0.3, -0.25) is 19.2 Å². The van der Waals surface area contributed by atoms with Crippen LogP contribution in [0, 0.1) is 0 Å². The zero-order valence-electron chi connectivity index (χ0n) is 15.5. The summed E-state index contributed by atoms with van der Waals surface area (Å²) in [7, 11) is 0. The van der Waals surface area contributed by atoms with Crippen LogP contribution in [0.4, 0.5) is 0 Å². The van der Waals surface area contributed by atoms with Crippen molar-refractivity contribution in [3.8, 4) is 0 Å². The maximum absolute atomic E-state index is 12.6. The van der Waals surface area contributed by atoms with E-state index in [1.165, 1.54) is 11.8 Å². The van der Waals surface area contributed by atoms with Gasteiger partial charge in [0.15, 0.2) is 0 Å². The van der Waals surface area contributed by atoms with Gasteiger partial charge in [0, 0.05) is 18.7 Å². The van der Waals surface area contributed by atoms with E-state index in [9.17, 15) is 24.0 Å². The van der Waals surface area contributed by atoms with Gasteiger partial charge in [-0.2, -0.15) is 12.6 Å². The molecule has 1 rings (SSSR count). The number of carbonyl (C=O) groups excluding carboxylic acids is 3. The highest BCUT2D eigenvalue weighted by Crippen LogP contribution is 2.18. The number of rotatable bonds is 10. The van der Waals surface area contributed by atoms with Crippen LogP contribution >= 0.6 is 12.6 Å². The molecular formula is C16H26N4O7S. The summed E-state index contributed by atoms with van der Waals surface area (Å²) >= 11 is 3.84. The van der Waals surface area contributed by atoms with Gasteiger partial charge in [0.2, 0.25) is 17.7 Å². The standard InChI is InChI=1S/C16H26N4O7S/c1-8(17)15(25)20-6-2-3-11(20)14(24)18-9(4-5-12(21)22)13(23)19-10(7-28)16(26)27/h8-11,28H,2-7,17H2,1H3,(H,18,24)(H,19,23)(H,21,22)(H,26,27). The lowest BCUT2D eigenvalue weighted by atomic mass is 10.1. The van der Waals surface area contributed by atoms with Gasteiger partial charge in [-0.1, -0.05) is 0 Å². The van der Waals surface area contributed by atoms with Crippen molar-refractivity contribution in [2.75, 3.05) is 12.3 Å². The number of nitrogens with one attached hydrogen (secondary N) is 2. The van der Waals surface area contributed by atoms with Crippen LogP contribution < -0.4 is 16.4 Å². The second-order valence-corrected chi connectivity index (χ2v) is 6.92. The molecule has 0 bridgehead atoms. The topological polar surface area (TPSA) is 179 Å². The second kappa shape index (κ2) is 10.9. The lowest BCUT2D eigenvalue weighted by Gasteiger charge is -2.27. The fourth-order valence-electron chi connectivity index (χ4n) is 2.83. The summed E-state index contributed by atoms with van der Waals surface area (Å²) in [6, 6.07) is -4.16. The van der Waals surface area contributed by atoms with E-state index in [1.54, 1.807) is 0 Å². The molecule has 6 N–H and O–H groups in total. The number of nitrogens with zero attached hydrogens (tertiary/aromatic N) is 1. The number of likely N-dealkylation sites (tertiary alicyclic amines) is 1. The third-order valence-corrected chi connectivity index (χ3v) is 4.67. The van der Waals surface area contributed by atoms with Crippen molar-refractivity contribution in [1.82, 2.24) is 15.5 Å². The van der Waals surface area contributed by atoms with Crippen LogP contribution in [0.1, 0.15) is 32.6 Å². The van der Waals surface area contributed by atoms with Crippen LogP contribution in [0.3, 0.4) is 0 Å². The first-order valence-electron chi connectivity index (χ1n) is 8.80. The van der Waals surface area contributed by atoms with Crippen LogP contribution in [-0.4, -0.2) is 81.2 Å². The molecule has 0 aromatic carbocycles. The van der Waals surface area contributed by atoms with Gasteiger partial charge in [-0.15, -0.1) is 0 Å². The normalized spacial score (nSPS) is 19.4. The molecular weight excluding hydrogens is 392 g/mol. The Hall–Kier alpha value is -2.34. The van der Waals surface area contributed by atoms with Gasteiger partial charge in [-0.05, 0) is 26.2 Å². The maximum atomic E-state index is 12.6. The lowest BCUT2D eigenvalue weighted by molar-refractivity contribution is -0.143. The number of nitrogens with two attached hydrogens (primary N) is 1. The number of carboxylic acids is 2. The predicted octanol–water partition coefficient (Wildman–Crippen LogP) is -1.83. The van der Waals surface area contributed by atoms with E-state index >= 15 is 0 Å². The van der Waals surface area contributed by atoms with E-state index in [1.807, 2.05) is 0 Å². The van der Waals surface area contributed by atoms with E-state index in [0.717, 1.165) is 0 Å². The molecule has 0 radical (unpaired) electrons. The zero-order chi connectivity index (χ0) is 21.4. The lowest BCUT2D eigenvalue weighted by Crippen LogP contribution is -2.56. The molecule has 1 heterocycles. The molecule has 11 nitrogen and oxygen atoms in total. The average molecular weight is 418 g/mol. The molecule has 0 saturated carbocycles. The smallest absolute Gasteiger partial charge is 0.327 e. The molecule has 4 atom stereocenters. The quantitative estimate of drug-likeness (QED) is 0.224. The van der Waals surface area contributed by atoms with Crippen molar-refractivity contribution < 1.29 is 34.2 Å². The highest BCUT2D eigenvalue weighted by molar-refractivity contribution is 7.80. The van der Waals surface area contributed by atoms with Gasteiger partial charge in [0.1, 0.15) is 18.1 Å². The molecule has 0 aromatic rings. The molecule has 0 aliphatic carbocycles. The van der Waals surface area contributed by atoms with Gasteiger partial charge >= 0.3 is 11.9 Å². The van der Waals surface area contributed by atoms with Crippen LogP contribution in [0.15, 0.2) is 0 Å². The largest absolute Gasteiger partial charge is 0.481 e. The highest BCUT2D eigenvalue weighted by Gasteiger charge is 2.37. The minimum Gasteiger partial charge on any atom is -0.481 e. The number of hydrogen-bond acceptors (Lipinski definition) is 7. The molecule has 1 aliphatic rings. The Morgan fingerprint density at radius 3 is 2.32 bits per heavy atom. The van der Waals surface area contributed by atoms with Crippen molar-refractivity contribution in [3.05, 3.63) is 0 Å². The van der Waals surface area contributed by atoms with Crippen molar-refractivity contribution in [2.24, 2.45) is 5.73 Å². The first kappa shape index (κ1) is 23.7. The molecule has 12 heteroatoms. The van der Waals surface area contributed by atoms with E-state index in [4.69, 9.17) is 15.9 Å². The van der Waals surface area contributed by atoms with E-state index < -0.39 is 60.2 Å². The van der Waals surface area contributed by atoms with Crippen molar-refractivity contribution >= 4 is 42.3 Å². The summed E-state index contributed by atoms with van der Waals surface area (Å²) in [5, 5.41) is 22.5. The molecule has 1 fully saturated rings. The first-order chi connectivity index (χ1) is 13.1. The number of thiol groups is 1. The number of hydrogen-bond donors (Lipinski definition) is 6. The molecule has 0 spiro atoms. The van der Waals surface area contributed by atoms with Crippen molar-refractivity contribution in [2.45, 2.75) is 56.8 Å². The van der Waals surface area contributed by atoms with Crippen molar-refractivity contribution in [3.63, 3.8) is 0 Å². The minimum absolute atomic E-state index is 0.181. The molecule has 4 unspecified atom stereocenters. The summed E-state index contributed by atoms with van der Waals surface area (Å²) in [6.45, 7) is 1.85. The second-order valence-electron chi connectivity index (χ2n) is 6.55. The first-order valence-corrected chi connectivity index (χ1v) is 9.44. The predicted molar refractivity (Wildman–Crippen MR) is 101 cm³/mol. The Morgan fingerprint density at radius 1 is 1.18 bits per heavy atom. The molecule has 28 heavy (non-hydrogen) atoms. The van der Waals surface area contributed by atoms with E-state index in [-0.39, 0.29) is 12.2 Å². The summed E-state index contributed by atoms with van der Waals surface area (Å²) < 4.78 is 0. The third kappa shape index (κ3) is 6.68. The van der Waals surface area contributed by atoms with E-state index in [0.29, 0.717) is 19.4 Å². The fourth-order valence-corrected chi connectivity index (χ4v) is 3.07. The molecule has 0 aromatic heterocycles. The Bertz CT molecular complexity index is 628. The number of carboxylic acid groups (broad SMARTS) is 2. The SMILES string of the molecule is CC(N)C(=O)N1CCCC1C(=O)NC(CCC(=O)O)C(=O)NC(CS)C(=O)O. The Morgan fingerprint density at radius 2 is 1.82 bits per heavy atom. The maximum Gasteiger partial charge on any atom is 0.327 e. The van der Waals surface area contributed by atoms with Crippen LogP contribution in [-0.2, 0) is 24.0 Å². The number of aliphatic carboxylic acids is 2. The molecule has 3 amide bonds. The van der Waals surface area contributed by atoms with Gasteiger partial charge < -0.3 is 31.5 Å². The Balaban J connectivity index is 2.88. The Kier molecular flexibility index (Phi) is 9.19. The van der Waals surface area contributed by atoms with Gasteiger partial charge in [-0.25, -0.2) is 4.79 Å². The Labute approximate surface area is 167 Å². The van der Waals surface area contributed by atoms with Crippen LogP contribution in [0.5, 0.6) is 0 Å².